The Bertz CT molecular complexity index is 653. The normalized spacial score (nSPS) is 14.6. The molecule has 22 heavy (non-hydrogen) atoms. The number of anilines is 3. The second-order valence-corrected chi connectivity index (χ2v) is 5.34. The van der Waals surface area contributed by atoms with E-state index in [1.54, 1.807) is 0 Å². The number of carbonyl (C=O) groups excluding carboxylic acids is 1. The number of aromatic nitrogens is 2. The monoisotopic (exact) mass is 297 g/mol. The average molecular weight is 297 g/mol. The lowest BCUT2D eigenvalue weighted by Crippen LogP contribution is -2.31. The predicted octanol–water partition coefficient (Wildman–Crippen LogP) is 2.30. The largest absolute Gasteiger partial charge is 0.383 e. The molecule has 0 radical (unpaired) electrons. The smallest absolute Gasteiger partial charge is 0.260 e. The molecule has 3 N–H and O–H groups in total. The van der Waals surface area contributed by atoms with E-state index in [0.717, 1.165) is 25.9 Å². The molecule has 2 heterocycles. The highest BCUT2D eigenvalue weighted by atomic mass is 16.1. The van der Waals surface area contributed by atoms with Gasteiger partial charge in [0.05, 0.1) is 0 Å². The van der Waals surface area contributed by atoms with E-state index < -0.39 is 0 Å². The van der Waals surface area contributed by atoms with Crippen LogP contribution in [0.4, 0.5) is 17.5 Å². The van der Waals surface area contributed by atoms with Crippen LogP contribution in [0.25, 0.3) is 0 Å². The van der Waals surface area contributed by atoms with Crippen molar-refractivity contribution >= 4 is 23.4 Å². The van der Waals surface area contributed by atoms with E-state index >= 15 is 0 Å². The Hall–Kier alpha value is -2.63. The first-order chi connectivity index (χ1) is 10.7. The summed E-state index contributed by atoms with van der Waals surface area (Å²) in [5.41, 5.74) is 6.95. The number of benzene rings is 1. The molecule has 0 unspecified atom stereocenters. The predicted molar refractivity (Wildman–Crippen MR) is 86.9 cm³/mol. The van der Waals surface area contributed by atoms with Crippen LogP contribution < -0.4 is 16.0 Å². The molecular weight excluding hydrogens is 278 g/mol. The van der Waals surface area contributed by atoms with Gasteiger partial charge in [-0.3, -0.25) is 4.79 Å². The van der Waals surface area contributed by atoms with Crippen molar-refractivity contribution in [3.8, 4) is 0 Å². The highest BCUT2D eigenvalue weighted by Crippen LogP contribution is 2.19. The van der Waals surface area contributed by atoms with Gasteiger partial charge in [0.2, 0.25) is 5.95 Å². The third-order valence-corrected chi connectivity index (χ3v) is 3.72. The maximum absolute atomic E-state index is 12.2. The van der Waals surface area contributed by atoms with Gasteiger partial charge in [-0.25, -0.2) is 4.98 Å². The molecule has 3 rings (SSSR count). The van der Waals surface area contributed by atoms with Crippen molar-refractivity contribution < 1.29 is 4.79 Å². The number of carbonyl (C=O) groups is 1. The highest BCUT2D eigenvalue weighted by Gasteiger charge is 2.17. The molecule has 2 aromatic rings. The third kappa shape index (κ3) is 3.16. The number of rotatable bonds is 3. The molecule has 6 nitrogen and oxygen atoms in total. The summed E-state index contributed by atoms with van der Waals surface area (Å²) in [5.74, 6) is 0.520. The number of amides is 1. The van der Waals surface area contributed by atoms with E-state index in [2.05, 4.69) is 20.2 Å². The van der Waals surface area contributed by atoms with Crippen LogP contribution in [0.15, 0.2) is 36.5 Å². The third-order valence-electron chi connectivity index (χ3n) is 3.72. The molecule has 6 heteroatoms. The lowest BCUT2D eigenvalue weighted by atomic mass is 10.1. The van der Waals surface area contributed by atoms with Gasteiger partial charge in [-0.2, -0.15) is 4.98 Å². The molecule has 0 aliphatic carbocycles. The number of piperidine rings is 1. The fourth-order valence-corrected chi connectivity index (χ4v) is 2.53. The zero-order valence-corrected chi connectivity index (χ0v) is 12.3. The Labute approximate surface area is 129 Å². The van der Waals surface area contributed by atoms with Crippen LogP contribution in [0, 0.1) is 0 Å². The van der Waals surface area contributed by atoms with Crippen molar-refractivity contribution in [1.29, 1.82) is 0 Å². The van der Waals surface area contributed by atoms with E-state index in [4.69, 9.17) is 5.73 Å². The van der Waals surface area contributed by atoms with E-state index in [1.165, 1.54) is 12.6 Å². The van der Waals surface area contributed by atoms with Gasteiger partial charge in [0.15, 0.2) is 0 Å². The minimum Gasteiger partial charge on any atom is -0.383 e. The van der Waals surface area contributed by atoms with E-state index in [9.17, 15) is 4.79 Å². The number of hydrogen-bond acceptors (Lipinski definition) is 5. The van der Waals surface area contributed by atoms with Gasteiger partial charge in [-0.15, -0.1) is 0 Å². The molecule has 1 aliphatic rings. The topological polar surface area (TPSA) is 84.1 Å². The van der Waals surface area contributed by atoms with Crippen LogP contribution >= 0.6 is 0 Å². The van der Waals surface area contributed by atoms with Crippen LogP contribution in [0.5, 0.6) is 0 Å². The Morgan fingerprint density at radius 2 is 1.86 bits per heavy atom. The molecule has 0 atom stereocenters. The van der Waals surface area contributed by atoms with Crippen LogP contribution in [-0.4, -0.2) is 29.0 Å². The molecule has 1 saturated heterocycles. The van der Waals surface area contributed by atoms with Crippen LogP contribution in [0.3, 0.4) is 0 Å². The summed E-state index contributed by atoms with van der Waals surface area (Å²) in [6, 6.07) is 9.23. The van der Waals surface area contributed by atoms with Gasteiger partial charge in [-0.1, -0.05) is 18.2 Å². The zero-order chi connectivity index (χ0) is 15.4. The molecule has 1 aromatic heterocycles. The van der Waals surface area contributed by atoms with Crippen molar-refractivity contribution in [3.63, 3.8) is 0 Å². The van der Waals surface area contributed by atoms with Crippen molar-refractivity contribution in [3.05, 3.63) is 42.1 Å². The van der Waals surface area contributed by atoms with Gasteiger partial charge in [0.25, 0.3) is 5.91 Å². The fraction of sp³-hybridized carbons (Fsp3) is 0.312. The molecule has 0 saturated carbocycles. The van der Waals surface area contributed by atoms with Crippen LogP contribution in [0.2, 0.25) is 0 Å². The van der Waals surface area contributed by atoms with Gasteiger partial charge in [-0.05, 0) is 31.4 Å². The first kappa shape index (κ1) is 14.3. The maximum Gasteiger partial charge on any atom is 0.260 e. The molecule has 1 aromatic carbocycles. The SMILES string of the molecule is Nc1nc(N2CCCCC2)ncc1C(=O)Nc1ccccc1. The van der Waals surface area contributed by atoms with Gasteiger partial charge in [0.1, 0.15) is 11.4 Å². The summed E-state index contributed by atoms with van der Waals surface area (Å²) >= 11 is 0. The Morgan fingerprint density at radius 1 is 1.14 bits per heavy atom. The van der Waals surface area contributed by atoms with Crippen molar-refractivity contribution in [2.45, 2.75) is 19.3 Å². The summed E-state index contributed by atoms with van der Waals surface area (Å²) in [5, 5.41) is 2.79. The Balaban J connectivity index is 1.75. The minimum atomic E-state index is -0.297. The summed E-state index contributed by atoms with van der Waals surface area (Å²) in [6.45, 7) is 1.88. The number of nitrogen functional groups attached to an aromatic ring is 1. The standard InChI is InChI=1S/C16H19N5O/c17-14-13(15(22)19-12-7-3-1-4-8-12)11-18-16(20-14)21-9-5-2-6-10-21/h1,3-4,7-8,11H,2,5-6,9-10H2,(H,19,22)(H2,17,18,20). The summed E-state index contributed by atoms with van der Waals surface area (Å²) in [7, 11) is 0. The number of para-hydroxylation sites is 1. The minimum absolute atomic E-state index is 0.212. The molecule has 1 aliphatic heterocycles. The van der Waals surface area contributed by atoms with E-state index in [-0.39, 0.29) is 11.7 Å². The van der Waals surface area contributed by atoms with Crippen molar-refractivity contribution in [1.82, 2.24) is 9.97 Å². The molecule has 0 spiro atoms. The maximum atomic E-state index is 12.2. The van der Waals surface area contributed by atoms with Crippen LogP contribution in [-0.2, 0) is 0 Å². The number of nitrogens with two attached hydrogens (primary N) is 1. The Morgan fingerprint density at radius 3 is 2.55 bits per heavy atom. The lowest BCUT2D eigenvalue weighted by molar-refractivity contribution is 0.102. The molecule has 114 valence electrons. The summed E-state index contributed by atoms with van der Waals surface area (Å²) in [6.07, 6.45) is 5.02. The molecular formula is C16H19N5O. The summed E-state index contributed by atoms with van der Waals surface area (Å²) < 4.78 is 0. The lowest BCUT2D eigenvalue weighted by Gasteiger charge is -2.26. The number of nitrogens with one attached hydrogen (secondary N) is 1. The zero-order valence-electron chi connectivity index (χ0n) is 12.3. The number of nitrogens with zero attached hydrogens (tertiary/aromatic N) is 3. The first-order valence-corrected chi connectivity index (χ1v) is 7.48. The van der Waals surface area contributed by atoms with Gasteiger partial charge >= 0.3 is 0 Å². The highest BCUT2D eigenvalue weighted by molar-refractivity contribution is 6.07. The Kier molecular flexibility index (Phi) is 4.18. The average Bonchev–Trinajstić information content (AvgIpc) is 2.56. The second kappa shape index (κ2) is 6.43. The van der Waals surface area contributed by atoms with Gasteiger partial charge in [0, 0.05) is 25.0 Å². The van der Waals surface area contributed by atoms with Gasteiger partial charge < -0.3 is 16.0 Å². The first-order valence-electron chi connectivity index (χ1n) is 7.48. The van der Waals surface area contributed by atoms with Crippen LogP contribution in [0.1, 0.15) is 29.6 Å². The fourth-order valence-electron chi connectivity index (χ4n) is 2.53. The van der Waals surface area contributed by atoms with Crippen molar-refractivity contribution in [2.75, 3.05) is 29.0 Å². The van der Waals surface area contributed by atoms with Crippen molar-refractivity contribution in [2.24, 2.45) is 0 Å². The molecule has 0 bridgehead atoms. The summed E-state index contributed by atoms with van der Waals surface area (Å²) in [4.78, 5) is 22.9. The second-order valence-electron chi connectivity index (χ2n) is 5.34. The quantitative estimate of drug-likeness (QED) is 0.908. The molecule has 1 amide bonds. The molecule has 1 fully saturated rings. The van der Waals surface area contributed by atoms with E-state index in [1.807, 2.05) is 30.3 Å². The number of hydrogen-bond donors (Lipinski definition) is 2. The van der Waals surface area contributed by atoms with E-state index in [0.29, 0.717) is 17.2 Å².